The van der Waals surface area contributed by atoms with Crippen molar-refractivity contribution in [2.24, 2.45) is 5.92 Å². The summed E-state index contributed by atoms with van der Waals surface area (Å²) in [6, 6.07) is 8.71. The van der Waals surface area contributed by atoms with Crippen LogP contribution in [0.25, 0.3) is 0 Å². The molecule has 128 valence electrons. The highest BCUT2D eigenvalue weighted by Gasteiger charge is 2.22. The molecule has 0 aliphatic carbocycles. The van der Waals surface area contributed by atoms with Gasteiger partial charge in [-0.05, 0) is 43.0 Å². The van der Waals surface area contributed by atoms with Crippen LogP contribution >= 0.6 is 11.6 Å². The second-order valence-electron chi connectivity index (χ2n) is 5.71. The summed E-state index contributed by atoms with van der Waals surface area (Å²) < 4.78 is 5.38. The number of nitrogens with zero attached hydrogens (tertiary/aromatic N) is 2. The van der Waals surface area contributed by atoms with E-state index in [1.807, 2.05) is 6.07 Å². The lowest BCUT2D eigenvalue weighted by Gasteiger charge is -2.31. The highest BCUT2D eigenvalue weighted by atomic mass is 35.5. The molecule has 1 aromatic rings. The molecule has 1 saturated heterocycles. The summed E-state index contributed by atoms with van der Waals surface area (Å²) in [7, 11) is 0. The van der Waals surface area contributed by atoms with E-state index in [9.17, 15) is 9.59 Å². The van der Waals surface area contributed by atoms with Gasteiger partial charge in [0, 0.05) is 24.7 Å². The van der Waals surface area contributed by atoms with Crippen LogP contribution in [0.1, 0.15) is 19.3 Å². The SMILES string of the molecule is N#CCC(=O)N1CCC(CNC(=O)COc2ccc(Cl)cc2)CC1. The number of piperidine rings is 1. The molecule has 0 saturated carbocycles. The monoisotopic (exact) mass is 349 g/mol. The van der Waals surface area contributed by atoms with Gasteiger partial charge in [-0.2, -0.15) is 5.26 Å². The molecule has 2 rings (SSSR count). The molecule has 24 heavy (non-hydrogen) atoms. The van der Waals surface area contributed by atoms with E-state index in [0.29, 0.717) is 36.3 Å². The third-order valence-corrected chi connectivity index (χ3v) is 4.22. The molecule has 1 aliphatic heterocycles. The van der Waals surface area contributed by atoms with Crippen LogP contribution in [0.5, 0.6) is 5.75 Å². The Morgan fingerprint density at radius 2 is 1.96 bits per heavy atom. The van der Waals surface area contributed by atoms with E-state index in [0.717, 1.165) is 12.8 Å². The summed E-state index contributed by atoms with van der Waals surface area (Å²) in [5, 5.41) is 12.0. The third kappa shape index (κ3) is 5.74. The molecule has 0 radical (unpaired) electrons. The average molecular weight is 350 g/mol. The summed E-state index contributed by atoms with van der Waals surface area (Å²) in [5.41, 5.74) is 0. The molecule has 0 spiro atoms. The first-order valence-corrected chi connectivity index (χ1v) is 8.26. The Morgan fingerprint density at radius 3 is 2.58 bits per heavy atom. The van der Waals surface area contributed by atoms with E-state index in [4.69, 9.17) is 21.6 Å². The van der Waals surface area contributed by atoms with Crippen LogP contribution in [0.4, 0.5) is 0 Å². The zero-order valence-electron chi connectivity index (χ0n) is 13.3. The number of likely N-dealkylation sites (tertiary alicyclic amines) is 1. The molecule has 0 unspecified atom stereocenters. The van der Waals surface area contributed by atoms with Crippen molar-refractivity contribution >= 4 is 23.4 Å². The van der Waals surface area contributed by atoms with Crippen molar-refractivity contribution in [2.45, 2.75) is 19.3 Å². The average Bonchev–Trinajstić information content (AvgIpc) is 2.60. The second-order valence-corrected chi connectivity index (χ2v) is 6.14. The first-order chi connectivity index (χ1) is 11.6. The van der Waals surface area contributed by atoms with Crippen LogP contribution in [-0.4, -0.2) is 43.0 Å². The van der Waals surface area contributed by atoms with Crippen molar-refractivity contribution < 1.29 is 14.3 Å². The largest absolute Gasteiger partial charge is 0.484 e. The summed E-state index contributed by atoms with van der Waals surface area (Å²) >= 11 is 5.78. The minimum Gasteiger partial charge on any atom is -0.484 e. The lowest BCUT2D eigenvalue weighted by Crippen LogP contribution is -2.42. The number of hydrogen-bond donors (Lipinski definition) is 1. The van der Waals surface area contributed by atoms with E-state index >= 15 is 0 Å². The fourth-order valence-corrected chi connectivity index (χ4v) is 2.68. The van der Waals surface area contributed by atoms with Crippen LogP contribution in [0.3, 0.4) is 0 Å². The standard InChI is InChI=1S/C17H20ClN3O3/c18-14-1-3-15(4-2-14)24-12-16(22)20-11-13-6-9-21(10-7-13)17(23)5-8-19/h1-4,13H,5-7,9-12H2,(H,20,22). The summed E-state index contributed by atoms with van der Waals surface area (Å²) in [5.74, 6) is 0.652. The first-order valence-electron chi connectivity index (χ1n) is 7.88. The van der Waals surface area contributed by atoms with E-state index in [-0.39, 0.29) is 24.8 Å². The lowest BCUT2D eigenvalue weighted by atomic mass is 9.96. The number of amides is 2. The van der Waals surface area contributed by atoms with Crippen molar-refractivity contribution in [1.82, 2.24) is 10.2 Å². The fraction of sp³-hybridized carbons (Fsp3) is 0.471. The Kier molecular flexibility index (Phi) is 6.89. The van der Waals surface area contributed by atoms with Gasteiger partial charge < -0.3 is 15.0 Å². The maximum absolute atomic E-state index is 11.8. The van der Waals surface area contributed by atoms with E-state index in [1.54, 1.807) is 29.2 Å². The maximum Gasteiger partial charge on any atom is 0.257 e. The number of carbonyl (C=O) groups excluding carboxylic acids is 2. The predicted octanol–water partition coefficient (Wildman–Crippen LogP) is 1.99. The van der Waals surface area contributed by atoms with E-state index in [1.165, 1.54) is 0 Å². The summed E-state index contributed by atoms with van der Waals surface area (Å²) in [6.45, 7) is 1.81. The van der Waals surface area contributed by atoms with E-state index < -0.39 is 0 Å². The number of rotatable bonds is 6. The van der Waals surface area contributed by atoms with E-state index in [2.05, 4.69) is 5.32 Å². The van der Waals surface area contributed by atoms with Crippen molar-refractivity contribution in [2.75, 3.05) is 26.2 Å². The molecule has 1 aliphatic rings. The molecule has 2 amide bonds. The maximum atomic E-state index is 11.8. The summed E-state index contributed by atoms with van der Waals surface area (Å²) in [6.07, 6.45) is 1.59. The van der Waals surface area contributed by atoms with Gasteiger partial charge in [0.25, 0.3) is 5.91 Å². The fourth-order valence-electron chi connectivity index (χ4n) is 2.55. The number of carbonyl (C=O) groups is 2. The Labute approximate surface area is 146 Å². The van der Waals surface area contributed by atoms with Gasteiger partial charge in [0.2, 0.25) is 5.91 Å². The molecule has 0 aromatic heterocycles. The Hall–Kier alpha value is -2.26. The van der Waals surface area contributed by atoms with Gasteiger partial charge in [0.15, 0.2) is 6.61 Å². The molecular weight excluding hydrogens is 330 g/mol. The number of ether oxygens (including phenoxy) is 1. The lowest BCUT2D eigenvalue weighted by molar-refractivity contribution is -0.131. The molecule has 0 bridgehead atoms. The minimum atomic E-state index is -0.173. The molecule has 1 N–H and O–H groups in total. The zero-order valence-corrected chi connectivity index (χ0v) is 14.1. The van der Waals surface area contributed by atoms with Crippen LogP contribution < -0.4 is 10.1 Å². The Balaban J connectivity index is 1.63. The first kappa shape index (κ1) is 18.1. The predicted molar refractivity (Wildman–Crippen MR) is 89.5 cm³/mol. The second kappa shape index (κ2) is 9.14. The van der Waals surface area contributed by atoms with Crippen LogP contribution in [0.2, 0.25) is 5.02 Å². The van der Waals surface area contributed by atoms with Crippen LogP contribution in [0.15, 0.2) is 24.3 Å². The minimum absolute atomic E-state index is 0.0405. The van der Waals surface area contributed by atoms with Gasteiger partial charge >= 0.3 is 0 Å². The number of nitriles is 1. The van der Waals surface area contributed by atoms with Gasteiger partial charge in [-0.15, -0.1) is 0 Å². The highest BCUT2D eigenvalue weighted by molar-refractivity contribution is 6.30. The molecule has 1 heterocycles. The number of hydrogen-bond acceptors (Lipinski definition) is 4. The number of nitrogens with one attached hydrogen (secondary N) is 1. The van der Waals surface area contributed by atoms with Gasteiger partial charge in [0.05, 0.1) is 6.07 Å². The van der Waals surface area contributed by atoms with Crippen LogP contribution in [0, 0.1) is 17.2 Å². The van der Waals surface area contributed by atoms with Crippen LogP contribution in [-0.2, 0) is 9.59 Å². The van der Waals surface area contributed by atoms with Gasteiger partial charge in [-0.3, -0.25) is 9.59 Å². The molecule has 1 fully saturated rings. The normalized spacial score (nSPS) is 14.8. The molecule has 7 heteroatoms. The summed E-state index contributed by atoms with van der Waals surface area (Å²) in [4.78, 5) is 25.2. The third-order valence-electron chi connectivity index (χ3n) is 3.97. The smallest absolute Gasteiger partial charge is 0.257 e. The number of halogens is 1. The topological polar surface area (TPSA) is 82.4 Å². The van der Waals surface area contributed by atoms with Crippen molar-refractivity contribution in [3.05, 3.63) is 29.3 Å². The molecular formula is C17H20ClN3O3. The molecule has 0 atom stereocenters. The van der Waals surface area contributed by atoms with Crippen molar-refractivity contribution in [3.63, 3.8) is 0 Å². The van der Waals surface area contributed by atoms with Crippen molar-refractivity contribution in [3.8, 4) is 11.8 Å². The number of benzene rings is 1. The van der Waals surface area contributed by atoms with Gasteiger partial charge in [-0.1, -0.05) is 11.6 Å². The zero-order chi connectivity index (χ0) is 17.4. The van der Waals surface area contributed by atoms with Gasteiger partial charge in [0.1, 0.15) is 12.2 Å². The van der Waals surface area contributed by atoms with Gasteiger partial charge in [-0.25, -0.2) is 0 Å². The molecule has 1 aromatic carbocycles. The Bertz CT molecular complexity index is 605. The highest BCUT2D eigenvalue weighted by Crippen LogP contribution is 2.17. The Morgan fingerprint density at radius 1 is 1.29 bits per heavy atom. The van der Waals surface area contributed by atoms with Crippen molar-refractivity contribution in [1.29, 1.82) is 5.26 Å². The molecule has 6 nitrogen and oxygen atoms in total. The quantitative estimate of drug-likeness (QED) is 0.851.